The van der Waals surface area contributed by atoms with Crippen LogP contribution in [0, 0.1) is 5.82 Å². The minimum absolute atomic E-state index is 0.0168. The smallest absolute Gasteiger partial charge is 0.127 e. The topological polar surface area (TPSA) is 49.7 Å². The second-order valence-electron chi connectivity index (χ2n) is 3.62. The molecule has 4 heteroatoms. The fraction of sp³-hybridized carbons (Fsp3) is 0.0769. The van der Waals surface area contributed by atoms with Gasteiger partial charge in [-0.15, -0.1) is 0 Å². The van der Waals surface area contributed by atoms with E-state index in [9.17, 15) is 14.6 Å². The number of phenols is 2. The number of halogens is 1. The molecule has 0 atom stereocenters. The maximum atomic E-state index is 13.1. The zero-order valence-electron chi connectivity index (χ0n) is 9.14. The quantitative estimate of drug-likeness (QED) is 0.839. The molecular weight excluding hydrogens is 223 g/mol. The van der Waals surface area contributed by atoms with Crippen molar-refractivity contribution in [3.63, 3.8) is 0 Å². The number of aromatic hydroxyl groups is 2. The maximum Gasteiger partial charge on any atom is 0.127 e. The summed E-state index contributed by atoms with van der Waals surface area (Å²) in [7, 11) is 1.47. The number of methoxy groups -OCH3 is 1. The zero-order chi connectivity index (χ0) is 12.4. The summed E-state index contributed by atoms with van der Waals surface area (Å²) in [6.07, 6.45) is 0. The van der Waals surface area contributed by atoms with Crippen molar-refractivity contribution in [1.82, 2.24) is 0 Å². The van der Waals surface area contributed by atoms with E-state index in [-0.39, 0.29) is 11.5 Å². The highest BCUT2D eigenvalue weighted by atomic mass is 19.1. The third-order valence-corrected chi connectivity index (χ3v) is 2.34. The fourth-order valence-corrected chi connectivity index (χ4v) is 1.61. The SMILES string of the molecule is COc1cc(O)cc(-c2cc(O)cc(F)c2)c1. The molecule has 2 N–H and O–H groups in total. The Morgan fingerprint density at radius 2 is 1.47 bits per heavy atom. The Labute approximate surface area is 97.7 Å². The number of hydrogen-bond acceptors (Lipinski definition) is 3. The Morgan fingerprint density at radius 1 is 0.882 bits per heavy atom. The van der Waals surface area contributed by atoms with Crippen LogP contribution in [0.5, 0.6) is 17.2 Å². The molecule has 2 aromatic carbocycles. The standard InChI is InChI=1S/C13H11FO3/c1-17-13-5-9(4-12(16)7-13)8-2-10(14)6-11(15)3-8/h2-7,15-16H,1H3. The minimum Gasteiger partial charge on any atom is -0.508 e. The molecule has 2 aromatic rings. The Morgan fingerprint density at radius 3 is 2.06 bits per heavy atom. The van der Waals surface area contributed by atoms with Crippen molar-refractivity contribution in [3.05, 3.63) is 42.2 Å². The third-order valence-electron chi connectivity index (χ3n) is 2.34. The molecule has 0 aliphatic carbocycles. The molecule has 3 nitrogen and oxygen atoms in total. The van der Waals surface area contributed by atoms with Crippen LogP contribution in [-0.2, 0) is 0 Å². The molecule has 88 valence electrons. The Balaban J connectivity index is 2.55. The van der Waals surface area contributed by atoms with Gasteiger partial charge in [-0.05, 0) is 35.4 Å². The van der Waals surface area contributed by atoms with Crippen molar-refractivity contribution >= 4 is 0 Å². The minimum atomic E-state index is -0.540. The van der Waals surface area contributed by atoms with E-state index in [0.29, 0.717) is 16.9 Å². The van der Waals surface area contributed by atoms with Crippen molar-refractivity contribution in [3.8, 4) is 28.4 Å². The number of benzene rings is 2. The lowest BCUT2D eigenvalue weighted by atomic mass is 10.0. The summed E-state index contributed by atoms with van der Waals surface area (Å²) in [4.78, 5) is 0. The molecule has 0 aliphatic heterocycles. The third kappa shape index (κ3) is 2.47. The van der Waals surface area contributed by atoms with Crippen LogP contribution < -0.4 is 4.74 Å². The van der Waals surface area contributed by atoms with Gasteiger partial charge in [-0.3, -0.25) is 0 Å². The van der Waals surface area contributed by atoms with E-state index in [2.05, 4.69) is 0 Å². The highest BCUT2D eigenvalue weighted by Gasteiger charge is 2.06. The van der Waals surface area contributed by atoms with Crippen molar-refractivity contribution < 1.29 is 19.3 Å². The van der Waals surface area contributed by atoms with E-state index < -0.39 is 5.82 Å². The monoisotopic (exact) mass is 234 g/mol. The second kappa shape index (κ2) is 4.33. The summed E-state index contributed by atoms with van der Waals surface area (Å²) in [5, 5.41) is 18.8. The molecule has 0 amide bonds. The largest absolute Gasteiger partial charge is 0.508 e. The summed E-state index contributed by atoms with van der Waals surface area (Å²) in [6, 6.07) is 8.27. The van der Waals surface area contributed by atoms with Gasteiger partial charge in [0.15, 0.2) is 0 Å². The first-order chi connectivity index (χ1) is 8.08. The van der Waals surface area contributed by atoms with E-state index in [0.717, 1.165) is 6.07 Å². The Kier molecular flexibility index (Phi) is 2.87. The number of hydrogen-bond donors (Lipinski definition) is 2. The van der Waals surface area contributed by atoms with Gasteiger partial charge in [-0.25, -0.2) is 4.39 Å². The molecular formula is C13H11FO3. The van der Waals surface area contributed by atoms with Crippen LogP contribution in [0.25, 0.3) is 11.1 Å². The average molecular weight is 234 g/mol. The predicted molar refractivity (Wildman–Crippen MR) is 61.7 cm³/mol. The lowest BCUT2D eigenvalue weighted by molar-refractivity contribution is 0.408. The van der Waals surface area contributed by atoms with Crippen LogP contribution in [0.1, 0.15) is 0 Å². The van der Waals surface area contributed by atoms with Gasteiger partial charge >= 0.3 is 0 Å². The molecule has 0 saturated carbocycles. The Hall–Kier alpha value is -2.23. The first kappa shape index (κ1) is 11.3. The lowest BCUT2D eigenvalue weighted by Gasteiger charge is -2.07. The van der Waals surface area contributed by atoms with Crippen LogP contribution in [0.15, 0.2) is 36.4 Å². The first-order valence-electron chi connectivity index (χ1n) is 4.96. The summed E-state index contributed by atoms with van der Waals surface area (Å²) < 4.78 is 18.1. The van der Waals surface area contributed by atoms with Gasteiger partial charge in [-0.2, -0.15) is 0 Å². The summed E-state index contributed by atoms with van der Waals surface area (Å²) in [5.41, 5.74) is 1.04. The summed E-state index contributed by atoms with van der Waals surface area (Å²) in [5.74, 6) is -0.225. The number of ether oxygens (including phenoxy) is 1. The van der Waals surface area contributed by atoms with E-state index in [4.69, 9.17) is 4.74 Å². The summed E-state index contributed by atoms with van der Waals surface area (Å²) >= 11 is 0. The van der Waals surface area contributed by atoms with E-state index in [1.54, 1.807) is 6.07 Å². The van der Waals surface area contributed by atoms with Gasteiger partial charge in [-0.1, -0.05) is 0 Å². The fourth-order valence-electron chi connectivity index (χ4n) is 1.61. The predicted octanol–water partition coefficient (Wildman–Crippen LogP) is 2.91. The molecule has 17 heavy (non-hydrogen) atoms. The first-order valence-corrected chi connectivity index (χ1v) is 4.96. The number of phenolic OH excluding ortho intramolecular Hbond substituents is 2. The molecule has 2 rings (SSSR count). The van der Waals surface area contributed by atoms with E-state index in [1.807, 2.05) is 0 Å². The van der Waals surface area contributed by atoms with Crippen molar-refractivity contribution in [2.75, 3.05) is 7.11 Å². The molecule has 0 aromatic heterocycles. The second-order valence-corrected chi connectivity index (χ2v) is 3.62. The van der Waals surface area contributed by atoms with Crippen LogP contribution in [0.4, 0.5) is 4.39 Å². The van der Waals surface area contributed by atoms with Crippen LogP contribution in [0.3, 0.4) is 0 Å². The highest BCUT2D eigenvalue weighted by Crippen LogP contribution is 2.31. The van der Waals surface area contributed by atoms with Gasteiger partial charge in [0, 0.05) is 12.1 Å². The maximum absolute atomic E-state index is 13.1. The number of rotatable bonds is 2. The molecule has 0 unspecified atom stereocenters. The van der Waals surface area contributed by atoms with Gasteiger partial charge in [0.2, 0.25) is 0 Å². The van der Waals surface area contributed by atoms with Crippen LogP contribution in [-0.4, -0.2) is 17.3 Å². The Bertz CT molecular complexity index is 532. The zero-order valence-corrected chi connectivity index (χ0v) is 9.14. The van der Waals surface area contributed by atoms with Crippen LogP contribution in [0.2, 0.25) is 0 Å². The van der Waals surface area contributed by atoms with E-state index in [1.165, 1.54) is 31.4 Å². The van der Waals surface area contributed by atoms with E-state index >= 15 is 0 Å². The van der Waals surface area contributed by atoms with Gasteiger partial charge in [0.25, 0.3) is 0 Å². The molecule has 0 aliphatic rings. The normalized spacial score (nSPS) is 10.2. The lowest BCUT2D eigenvalue weighted by Crippen LogP contribution is -1.85. The van der Waals surface area contributed by atoms with Gasteiger partial charge < -0.3 is 14.9 Å². The molecule has 0 bridgehead atoms. The van der Waals surface area contributed by atoms with Crippen molar-refractivity contribution in [2.24, 2.45) is 0 Å². The molecule has 0 radical (unpaired) electrons. The molecule has 0 heterocycles. The van der Waals surface area contributed by atoms with Gasteiger partial charge in [0.1, 0.15) is 23.1 Å². The van der Waals surface area contributed by atoms with Gasteiger partial charge in [0.05, 0.1) is 7.11 Å². The molecule has 0 fully saturated rings. The molecule has 0 spiro atoms. The van der Waals surface area contributed by atoms with Crippen molar-refractivity contribution in [1.29, 1.82) is 0 Å². The highest BCUT2D eigenvalue weighted by molar-refractivity contribution is 5.68. The summed E-state index contributed by atoms with van der Waals surface area (Å²) in [6.45, 7) is 0. The van der Waals surface area contributed by atoms with Crippen molar-refractivity contribution in [2.45, 2.75) is 0 Å². The molecule has 0 saturated heterocycles. The average Bonchev–Trinajstić information content (AvgIpc) is 2.26. The van der Waals surface area contributed by atoms with Crippen LogP contribution >= 0.6 is 0 Å².